The molecular formula is C15H23ClN2O. The number of aryl methyl sites for hydroxylation is 1. The van der Waals surface area contributed by atoms with Gasteiger partial charge in [-0.3, -0.25) is 4.79 Å². The molecule has 0 saturated carbocycles. The van der Waals surface area contributed by atoms with Crippen molar-refractivity contribution >= 4 is 18.3 Å². The molecule has 1 heterocycles. The topological polar surface area (TPSA) is 32.3 Å². The first-order chi connectivity index (χ1) is 8.68. The van der Waals surface area contributed by atoms with E-state index < -0.39 is 0 Å². The second-order valence-corrected chi connectivity index (χ2v) is 5.06. The average molecular weight is 283 g/mol. The Morgan fingerprint density at radius 3 is 2.68 bits per heavy atom. The number of hydrogen-bond donors (Lipinski definition) is 1. The molecule has 2 rings (SSSR count). The van der Waals surface area contributed by atoms with Crippen molar-refractivity contribution in [3.63, 3.8) is 0 Å². The van der Waals surface area contributed by atoms with Crippen molar-refractivity contribution in [2.24, 2.45) is 0 Å². The van der Waals surface area contributed by atoms with E-state index in [0.717, 1.165) is 19.5 Å². The molecule has 19 heavy (non-hydrogen) atoms. The fraction of sp³-hybridized carbons (Fsp3) is 0.533. The minimum atomic E-state index is 0. The highest BCUT2D eigenvalue weighted by molar-refractivity contribution is 5.85. The van der Waals surface area contributed by atoms with Gasteiger partial charge in [-0.05, 0) is 25.8 Å². The quantitative estimate of drug-likeness (QED) is 0.922. The Morgan fingerprint density at radius 1 is 1.32 bits per heavy atom. The van der Waals surface area contributed by atoms with Gasteiger partial charge in [-0.1, -0.05) is 30.3 Å². The fourth-order valence-electron chi connectivity index (χ4n) is 2.45. The number of halogens is 1. The van der Waals surface area contributed by atoms with Gasteiger partial charge in [0.05, 0.1) is 0 Å². The van der Waals surface area contributed by atoms with Crippen LogP contribution >= 0.6 is 12.4 Å². The molecule has 0 radical (unpaired) electrons. The molecule has 0 spiro atoms. The molecule has 0 aliphatic carbocycles. The first kappa shape index (κ1) is 16.0. The van der Waals surface area contributed by atoms with E-state index in [4.69, 9.17) is 0 Å². The average Bonchev–Trinajstić information content (AvgIpc) is 2.40. The molecule has 3 nitrogen and oxygen atoms in total. The molecule has 1 aliphatic rings. The number of rotatable bonds is 3. The molecule has 1 aromatic rings. The summed E-state index contributed by atoms with van der Waals surface area (Å²) in [5, 5.41) is 3.40. The van der Waals surface area contributed by atoms with Crippen LogP contribution in [0.5, 0.6) is 0 Å². The number of hydrogen-bond acceptors (Lipinski definition) is 2. The minimum Gasteiger partial charge on any atom is -0.337 e. The van der Waals surface area contributed by atoms with Crippen molar-refractivity contribution < 1.29 is 4.79 Å². The standard InChI is InChI=1S/C15H22N2O.ClH/c1-12-13(2)17(11-10-16-12)15(18)9-8-14-6-4-3-5-7-14;/h3-7,12-13,16H,8-11H2,1-2H3;1H. The maximum absolute atomic E-state index is 12.2. The zero-order valence-corrected chi connectivity index (χ0v) is 12.5. The normalized spacial score (nSPS) is 22.7. The summed E-state index contributed by atoms with van der Waals surface area (Å²) in [5.74, 6) is 0.278. The van der Waals surface area contributed by atoms with Crippen molar-refractivity contribution in [3.8, 4) is 0 Å². The van der Waals surface area contributed by atoms with Crippen LogP contribution in [0.15, 0.2) is 30.3 Å². The molecule has 2 unspecified atom stereocenters. The van der Waals surface area contributed by atoms with Gasteiger partial charge in [0.1, 0.15) is 0 Å². The predicted molar refractivity (Wildman–Crippen MR) is 80.7 cm³/mol. The maximum Gasteiger partial charge on any atom is 0.223 e. The zero-order valence-electron chi connectivity index (χ0n) is 11.6. The van der Waals surface area contributed by atoms with Gasteiger partial charge in [0, 0.05) is 31.6 Å². The van der Waals surface area contributed by atoms with Crippen LogP contribution in [-0.4, -0.2) is 36.0 Å². The Morgan fingerprint density at radius 2 is 2.00 bits per heavy atom. The number of carbonyl (C=O) groups is 1. The lowest BCUT2D eigenvalue weighted by atomic mass is 10.0. The summed E-state index contributed by atoms with van der Waals surface area (Å²) < 4.78 is 0. The maximum atomic E-state index is 12.2. The molecule has 1 N–H and O–H groups in total. The summed E-state index contributed by atoms with van der Waals surface area (Å²) in [7, 11) is 0. The minimum absolute atomic E-state index is 0. The Labute approximate surface area is 121 Å². The van der Waals surface area contributed by atoms with Gasteiger partial charge in [-0.15, -0.1) is 12.4 Å². The highest BCUT2D eigenvalue weighted by Crippen LogP contribution is 2.12. The lowest BCUT2D eigenvalue weighted by Crippen LogP contribution is -2.57. The van der Waals surface area contributed by atoms with Gasteiger partial charge < -0.3 is 10.2 Å². The lowest BCUT2D eigenvalue weighted by Gasteiger charge is -2.38. The van der Waals surface area contributed by atoms with E-state index >= 15 is 0 Å². The van der Waals surface area contributed by atoms with Crippen molar-refractivity contribution in [1.82, 2.24) is 10.2 Å². The largest absolute Gasteiger partial charge is 0.337 e. The first-order valence-corrected chi connectivity index (χ1v) is 6.75. The molecular weight excluding hydrogens is 260 g/mol. The van der Waals surface area contributed by atoms with Crippen LogP contribution in [0.3, 0.4) is 0 Å². The van der Waals surface area contributed by atoms with E-state index in [1.165, 1.54) is 5.56 Å². The van der Waals surface area contributed by atoms with Crippen LogP contribution in [0.25, 0.3) is 0 Å². The molecule has 1 saturated heterocycles. The molecule has 1 aliphatic heterocycles. The van der Waals surface area contributed by atoms with Crippen LogP contribution in [0.2, 0.25) is 0 Å². The third kappa shape index (κ3) is 4.22. The van der Waals surface area contributed by atoms with Gasteiger partial charge in [0.2, 0.25) is 5.91 Å². The van der Waals surface area contributed by atoms with E-state index in [1.807, 2.05) is 23.1 Å². The molecule has 0 bridgehead atoms. The highest BCUT2D eigenvalue weighted by atomic mass is 35.5. The number of nitrogens with one attached hydrogen (secondary N) is 1. The van der Waals surface area contributed by atoms with Crippen molar-refractivity contribution in [1.29, 1.82) is 0 Å². The predicted octanol–water partition coefficient (Wildman–Crippen LogP) is 2.25. The number of carbonyl (C=O) groups excluding carboxylic acids is 1. The molecule has 0 aromatic heterocycles. The Hall–Kier alpha value is -1.06. The summed E-state index contributed by atoms with van der Waals surface area (Å²) in [6, 6.07) is 10.9. The zero-order chi connectivity index (χ0) is 13.0. The third-order valence-electron chi connectivity index (χ3n) is 3.82. The number of nitrogens with zero attached hydrogens (tertiary/aromatic N) is 1. The summed E-state index contributed by atoms with van der Waals surface area (Å²) in [5.41, 5.74) is 1.24. The summed E-state index contributed by atoms with van der Waals surface area (Å²) in [4.78, 5) is 14.2. The molecule has 4 heteroatoms. The van der Waals surface area contributed by atoms with Crippen LogP contribution in [-0.2, 0) is 11.2 Å². The van der Waals surface area contributed by atoms with E-state index in [1.54, 1.807) is 0 Å². The van der Waals surface area contributed by atoms with Crippen molar-refractivity contribution in [2.45, 2.75) is 38.8 Å². The molecule has 106 valence electrons. The molecule has 2 atom stereocenters. The van der Waals surface area contributed by atoms with E-state index in [-0.39, 0.29) is 18.3 Å². The lowest BCUT2D eigenvalue weighted by molar-refractivity contribution is -0.134. The van der Waals surface area contributed by atoms with E-state index in [0.29, 0.717) is 18.5 Å². The smallest absolute Gasteiger partial charge is 0.223 e. The molecule has 1 amide bonds. The van der Waals surface area contributed by atoms with E-state index in [9.17, 15) is 4.79 Å². The number of benzene rings is 1. The van der Waals surface area contributed by atoms with Gasteiger partial charge in [0.15, 0.2) is 0 Å². The number of amides is 1. The van der Waals surface area contributed by atoms with E-state index in [2.05, 4.69) is 31.3 Å². The highest BCUT2D eigenvalue weighted by Gasteiger charge is 2.27. The Bertz CT molecular complexity index is 396. The van der Waals surface area contributed by atoms with Crippen molar-refractivity contribution in [3.05, 3.63) is 35.9 Å². The molecule has 1 aromatic carbocycles. The van der Waals surface area contributed by atoms with Crippen molar-refractivity contribution in [2.75, 3.05) is 13.1 Å². The monoisotopic (exact) mass is 282 g/mol. The van der Waals surface area contributed by atoms with Crippen LogP contribution in [0.1, 0.15) is 25.8 Å². The summed E-state index contributed by atoms with van der Waals surface area (Å²) >= 11 is 0. The summed E-state index contributed by atoms with van der Waals surface area (Å²) in [6.07, 6.45) is 1.45. The SMILES string of the molecule is CC1NCCN(C(=O)CCc2ccccc2)C1C.Cl. The Kier molecular flexibility index (Phi) is 6.32. The second-order valence-electron chi connectivity index (χ2n) is 5.06. The van der Waals surface area contributed by atoms with Gasteiger partial charge in [0.25, 0.3) is 0 Å². The summed E-state index contributed by atoms with van der Waals surface area (Å²) in [6.45, 7) is 6.00. The van der Waals surface area contributed by atoms with Crippen LogP contribution in [0.4, 0.5) is 0 Å². The fourth-order valence-corrected chi connectivity index (χ4v) is 2.45. The number of piperazine rings is 1. The first-order valence-electron chi connectivity index (χ1n) is 6.75. The second kappa shape index (κ2) is 7.51. The van der Waals surface area contributed by atoms with Crippen LogP contribution < -0.4 is 5.32 Å². The van der Waals surface area contributed by atoms with Crippen LogP contribution in [0, 0.1) is 0 Å². The van der Waals surface area contributed by atoms with Gasteiger partial charge in [-0.25, -0.2) is 0 Å². The molecule has 1 fully saturated rings. The third-order valence-corrected chi connectivity index (χ3v) is 3.82. The van der Waals surface area contributed by atoms with Gasteiger partial charge in [-0.2, -0.15) is 0 Å². The Balaban J connectivity index is 0.00000180. The van der Waals surface area contributed by atoms with Gasteiger partial charge >= 0.3 is 0 Å².